The number of nitrogens with zero attached hydrogens (tertiary/aromatic N) is 1. The molecular weight excluding hydrogens is 312 g/mol. The van der Waals surface area contributed by atoms with Crippen molar-refractivity contribution in [2.75, 3.05) is 30.4 Å². The van der Waals surface area contributed by atoms with Crippen molar-refractivity contribution in [2.45, 2.75) is 12.8 Å². The van der Waals surface area contributed by atoms with Crippen LogP contribution >= 0.6 is 11.6 Å². The summed E-state index contributed by atoms with van der Waals surface area (Å²) in [6.45, 7) is 1.93. The largest absolute Gasteiger partial charge is 0.497 e. The molecule has 1 aliphatic heterocycles. The number of ether oxygens (including phenoxy) is 1. The van der Waals surface area contributed by atoms with Crippen molar-refractivity contribution in [1.82, 2.24) is 0 Å². The Morgan fingerprint density at radius 2 is 1.83 bits per heavy atom. The van der Waals surface area contributed by atoms with Crippen molar-refractivity contribution in [3.05, 3.63) is 53.1 Å². The van der Waals surface area contributed by atoms with Gasteiger partial charge in [0.15, 0.2) is 0 Å². The van der Waals surface area contributed by atoms with E-state index in [-0.39, 0.29) is 5.91 Å². The second kappa shape index (κ2) is 6.92. The van der Waals surface area contributed by atoms with Crippen molar-refractivity contribution < 1.29 is 9.53 Å². The van der Waals surface area contributed by atoms with Crippen LogP contribution in [0.4, 0.5) is 11.4 Å². The number of amides is 1. The number of rotatable bonds is 4. The summed E-state index contributed by atoms with van der Waals surface area (Å²) in [6.07, 6.45) is 2.30. The summed E-state index contributed by atoms with van der Waals surface area (Å²) in [5.74, 6) is 0.567. The topological polar surface area (TPSA) is 41.6 Å². The lowest BCUT2D eigenvalue weighted by molar-refractivity contribution is 0.102. The van der Waals surface area contributed by atoms with Crippen molar-refractivity contribution in [2.24, 2.45) is 0 Å². The SMILES string of the molecule is COc1ccc(C(=O)Nc2cccc(Cl)c2N2CCCC2)cc1. The highest BCUT2D eigenvalue weighted by Gasteiger charge is 2.20. The van der Waals surface area contributed by atoms with E-state index in [2.05, 4.69) is 10.2 Å². The van der Waals surface area contributed by atoms with Crippen LogP contribution in [0, 0.1) is 0 Å². The highest BCUT2D eigenvalue weighted by molar-refractivity contribution is 6.34. The standard InChI is InChI=1S/C18H19ClN2O2/c1-23-14-9-7-13(8-10-14)18(22)20-16-6-4-5-15(19)17(16)21-11-2-3-12-21/h4-10H,2-3,11-12H2,1H3,(H,20,22). The molecule has 1 saturated heterocycles. The van der Waals surface area contributed by atoms with Crippen molar-refractivity contribution in [3.63, 3.8) is 0 Å². The molecule has 5 heteroatoms. The van der Waals surface area contributed by atoms with Crippen LogP contribution in [-0.2, 0) is 0 Å². The Morgan fingerprint density at radius 3 is 2.48 bits per heavy atom. The third-order valence-electron chi connectivity index (χ3n) is 4.01. The second-order valence-electron chi connectivity index (χ2n) is 5.51. The van der Waals surface area contributed by atoms with E-state index in [4.69, 9.17) is 16.3 Å². The first-order valence-corrected chi connectivity index (χ1v) is 8.05. The quantitative estimate of drug-likeness (QED) is 0.913. The summed E-state index contributed by atoms with van der Waals surface area (Å²) in [7, 11) is 1.60. The maximum absolute atomic E-state index is 12.5. The van der Waals surface area contributed by atoms with Gasteiger partial charge in [0, 0.05) is 18.7 Å². The molecule has 1 aliphatic rings. The minimum atomic E-state index is -0.157. The summed E-state index contributed by atoms with van der Waals surface area (Å²) in [6, 6.07) is 12.6. The number of hydrogen-bond donors (Lipinski definition) is 1. The third-order valence-corrected chi connectivity index (χ3v) is 4.31. The van der Waals surface area contributed by atoms with Crippen LogP contribution in [-0.4, -0.2) is 26.1 Å². The lowest BCUT2D eigenvalue weighted by atomic mass is 10.2. The van der Waals surface area contributed by atoms with Gasteiger partial charge in [-0.1, -0.05) is 17.7 Å². The van der Waals surface area contributed by atoms with Gasteiger partial charge in [0.05, 0.1) is 23.5 Å². The summed E-state index contributed by atoms with van der Waals surface area (Å²) >= 11 is 6.37. The van der Waals surface area contributed by atoms with E-state index < -0.39 is 0 Å². The Bertz CT molecular complexity index is 695. The first-order valence-electron chi connectivity index (χ1n) is 7.68. The van der Waals surface area contributed by atoms with Gasteiger partial charge < -0.3 is 15.0 Å². The molecule has 23 heavy (non-hydrogen) atoms. The van der Waals surface area contributed by atoms with Crippen LogP contribution in [0.2, 0.25) is 5.02 Å². The fourth-order valence-corrected chi connectivity index (χ4v) is 3.11. The highest BCUT2D eigenvalue weighted by atomic mass is 35.5. The Balaban J connectivity index is 1.84. The molecule has 0 spiro atoms. The maximum atomic E-state index is 12.5. The molecule has 120 valence electrons. The summed E-state index contributed by atoms with van der Waals surface area (Å²) in [5.41, 5.74) is 2.24. The van der Waals surface area contributed by atoms with Crippen LogP contribution in [0.25, 0.3) is 0 Å². The predicted octanol–water partition coefficient (Wildman–Crippen LogP) is 4.20. The monoisotopic (exact) mass is 330 g/mol. The average molecular weight is 331 g/mol. The molecular formula is C18H19ClN2O2. The molecule has 1 fully saturated rings. The number of anilines is 2. The molecule has 0 saturated carbocycles. The Labute approximate surface area is 141 Å². The Kier molecular flexibility index (Phi) is 4.72. The second-order valence-corrected chi connectivity index (χ2v) is 5.92. The zero-order chi connectivity index (χ0) is 16.2. The van der Waals surface area contributed by atoms with E-state index in [0.29, 0.717) is 10.6 Å². The van der Waals surface area contributed by atoms with E-state index in [0.717, 1.165) is 43.1 Å². The summed E-state index contributed by atoms with van der Waals surface area (Å²) in [4.78, 5) is 14.7. The van der Waals surface area contributed by atoms with Gasteiger partial charge in [0.25, 0.3) is 5.91 Å². The van der Waals surface area contributed by atoms with Crippen LogP contribution < -0.4 is 15.0 Å². The number of methoxy groups -OCH3 is 1. The average Bonchev–Trinajstić information content (AvgIpc) is 3.09. The van der Waals surface area contributed by atoms with E-state index in [1.807, 2.05) is 18.2 Å². The predicted molar refractivity (Wildman–Crippen MR) is 93.8 cm³/mol. The molecule has 2 aromatic rings. The maximum Gasteiger partial charge on any atom is 0.255 e. The van der Waals surface area contributed by atoms with E-state index in [1.165, 1.54) is 0 Å². The zero-order valence-electron chi connectivity index (χ0n) is 13.0. The molecule has 1 N–H and O–H groups in total. The van der Waals surface area contributed by atoms with Gasteiger partial charge in [-0.15, -0.1) is 0 Å². The van der Waals surface area contributed by atoms with Crippen LogP contribution in [0.3, 0.4) is 0 Å². The molecule has 0 bridgehead atoms. The Hall–Kier alpha value is -2.20. The van der Waals surface area contributed by atoms with E-state index >= 15 is 0 Å². The number of nitrogens with one attached hydrogen (secondary N) is 1. The number of halogens is 1. The van der Waals surface area contributed by atoms with Gasteiger partial charge in [-0.2, -0.15) is 0 Å². The smallest absolute Gasteiger partial charge is 0.255 e. The molecule has 0 atom stereocenters. The highest BCUT2D eigenvalue weighted by Crippen LogP contribution is 2.36. The van der Waals surface area contributed by atoms with Gasteiger partial charge >= 0.3 is 0 Å². The molecule has 1 heterocycles. The summed E-state index contributed by atoms with van der Waals surface area (Å²) in [5, 5.41) is 3.64. The molecule has 4 nitrogen and oxygen atoms in total. The van der Waals surface area contributed by atoms with Crippen LogP contribution in [0.5, 0.6) is 5.75 Å². The number of benzene rings is 2. The molecule has 3 rings (SSSR count). The van der Waals surface area contributed by atoms with Gasteiger partial charge in [-0.05, 0) is 49.2 Å². The minimum absolute atomic E-state index is 0.157. The van der Waals surface area contributed by atoms with Gasteiger partial charge in [0.1, 0.15) is 5.75 Å². The first-order chi connectivity index (χ1) is 11.2. The number of carbonyl (C=O) groups is 1. The molecule has 2 aromatic carbocycles. The molecule has 0 radical (unpaired) electrons. The minimum Gasteiger partial charge on any atom is -0.497 e. The van der Waals surface area contributed by atoms with Crippen LogP contribution in [0.15, 0.2) is 42.5 Å². The van der Waals surface area contributed by atoms with Crippen molar-refractivity contribution >= 4 is 28.9 Å². The van der Waals surface area contributed by atoms with Gasteiger partial charge in [-0.3, -0.25) is 4.79 Å². The molecule has 0 aromatic heterocycles. The molecule has 0 unspecified atom stereocenters. The van der Waals surface area contributed by atoms with Crippen molar-refractivity contribution in [1.29, 1.82) is 0 Å². The lowest BCUT2D eigenvalue weighted by Crippen LogP contribution is -2.21. The molecule has 0 aliphatic carbocycles. The summed E-state index contributed by atoms with van der Waals surface area (Å²) < 4.78 is 5.11. The fraction of sp³-hybridized carbons (Fsp3) is 0.278. The third kappa shape index (κ3) is 3.42. The van der Waals surface area contributed by atoms with Crippen LogP contribution in [0.1, 0.15) is 23.2 Å². The number of para-hydroxylation sites is 1. The van der Waals surface area contributed by atoms with E-state index in [1.54, 1.807) is 31.4 Å². The number of hydrogen-bond acceptors (Lipinski definition) is 3. The van der Waals surface area contributed by atoms with Gasteiger partial charge in [-0.25, -0.2) is 0 Å². The Morgan fingerprint density at radius 1 is 1.13 bits per heavy atom. The first kappa shape index (κ1) is 15.7. The normalized spacial score (nSPS) is 13.9. The van der Waals surface area contributed by atoms with E-state index in [9.17, 15) is 4.79 Å². The van der Waals surface area contributed by atoms with Crippen molar-refractivity contribution in [3.8, 4) is 5.75 Å². The molecule has 1 amide bonds. The van der Waals surface area contributed by atoms with Gasteiger partial charge in [0.2, 0.25) is 0 Å². The zero-order valence-corrected chi connectivity index (χ0v) is 13.8. The lowest BCUT2D eigenvalue weighted by Gasteiger charge is -2.23. The fourth-order valence-electron chi connectivity index (χ4n) is 2.82. The number of carbonyl (C=O) groups excluding carboxylic acids is 1.